The number of aliphatic carboxylic acids is 3. The molecule has 3 N–H and O–H groups in total. The number of halogens is 9. The van der Waals surface area contributed by atoms with Crippen LogP contribution in [0.2, 0.25) is 0 Å². The molecule has 0 aromatic carbocycles. The maximum Gasteiger partial charge on any atom is 0.490 e. The number of thioether (sulfide) groups is 1. The number of hydrogen-bond acceptors (Lipinski definition) is 8. The van der Waals surface area contributed by atoms with Gasteiger partial charge in [-0.15, -0.1) is 11.8 Å². The van der Waals surface area contributed by atoms with Crippen LogP contribution >= 0.6 is 11.8 Å². The van der Waals surface area contributed by atoms with E-state index < -0.39 is 36.4 Å². The lowest BCUT2D eigenvalue weighted by molar-refractivity contribution is -0.193. The van der Waals surface area contributed by atoms with Crippen molar-refractivity contribution in [1.82, 2.24) is 14.9 Å². The standard InChI is InChI=1S/C17H19N3OS.3C2HF3O2/c1-3-7-18-14(5-1)10-20-12-17(13-20)9-15(11-22-17)21-16-6-2-4-8-19-16;3*3-2(4,5)1(6)7/h1-8,15H,9-13H2;3*(H,6,7). The molecule has 1 spiro atoms. The molecule has 2 fully saturated rings. The van der Waals surface area contributed by atoms with Crippen LogP contribution in [0.1, 0.15) is 12.1 Å². The third-order valence-electron chi connectivity index (χ3n) is 4.96. The first-order valence-electron chi connectivity index (χ1n) is 11.4. The summed E-state index contributed by atoms with van der Waals surface area (Å²) in [5.41, 5.74) is 1.15. The molecular formula is C23H22F9N3O7S. The Hall–Kier alpha value is -3.81. The molecule has 2 aliphatic rings. The second-order valence-electron chi connectivity index (χ2n) is 8.48. The maximum absolute atomic E-state index is 10.6. The molecule has 0 saturated carbocycles. The quantitative estimate of drug-likeness (QED) is 0.399. The smallest absolute Gasteiger partial charge is 0.475 e. The molecule has 43 heavy (non-hydrogen) atoms. The lowest BCUT2D eigenvalue weighted by Gasteiger charge is -2.47. The van der Waals surface area contributed by atoms with Gasteiger partial charge in [-0.3, -0.25) is 9.88 Å². The zero-order valence-electron chi connectivity index (χ0n) is 21.4. The minimum atomic E-state index is -5.08. The molecule has 2 aromatic rings. The van der Waals surface area contributed by atoms with Crippen LogP contribution in [0.5, 0.6) is 5.88 Å². The van der Waals surface area contributed by atoms with Gasteiger partial charge in [-0.2, -0.15) is 39.5 Å². The number of carboxylic acids is 3. The Morgan fingerprint density at radius 2 is 1.26 bits per heavy atom. The Morgan fingerprint density at radius 1 is 0.814 bits per heavy atom. The van der Waals surface area contributed by atoms with E-state index in [1.807, 2.05) is 30.5 Å². The average molecular weight is 655 g/mol. The van der Waals surface area contributed by atoms with E-state index >= 15 is 0 Å². The van der Waals surface area contributed by atoms with E-state index in [2.05, 4.69) is 38.8 Å². The minimum Gasteiger partial charge on any atom is -0.475 e. The number of ether oxygens (including phenoxy) is 1. The Kier molecular flexibility index (Phi) is 13.5. The molecule has 0 radical (unpaired) electrons. The van der Waals surface area contributed by atoms with Crippen molar-refractivity contribution in [2.24, 2.45) is 0 Å². The van der Waals surface area contributed by atoms with Crippen molar-refractivity contribution >= 4 is 29.7 Å². The fourth-order valence-corrected chi connectivity index (χ4v) is 4.86. The van der Waals surface area contributed by atoms with Gasteiger partial charge in [0.15, 0.2) is 0 Å². The summed E-state index contributed by atoms with van der Waals surface area (Å²) in [7, 11) is 0. The van der Waals surface area contributed by atoms with Crippen LogP contribution in [0, 0.1) is 0 Å². The van der Waals surface area contributed by atoms with Gasteiger partial charge in [0.25, 0.3) is 0 Å². The van der Waals surface area contributed by atoms with Crippen LogP contribution in [0.25, 0.3) is 0 Å². The van der Waals surface area contributed by atoms with E-state index in [0.29, 0.717) is 4.75 Å². The van der Waals surface area contributed by atoms with E-state index in [1.54, 1.807) is 6.20 Å². The average Bonchev–Trinajstić information content (AvgIpc) is 3.28. The lowest BCUT2D eigenvalue weighted by Crippen LogP contribution is -2.58. The first-order chi connectivity index (χ1) is 19.6. The number of carboxylic acid groups (broad SMARTS) is 3. The van der Waals surface area contributed by atoms with Gasteiger partial charge in [0.05, 0.1) is 5.69 Å². The summed E-state index contributed by atoms with van der Waals surface area (Å²) in [6, 6.07) is 11.9. The van der Waals surface area contributed by atoms with Gasteiger partial charge < -0.3 is 20.1 Å². The minimum absolute atomic E-state index is 0.289. The third kappa shape index (κ3) is 14.3. The van der Waals surface area contributed by atoms with Gasteiger partial charge >= 0.3 is 36.4 Å². The van der Waals surface area contributed by atoms with Crippen LogP contribution in [0.3, 0.4) is 0 Å². The first-order valence-corrected chi connectivity index (χ1v) is 12.4. The molecule has 0 amide bonds. The van der Waals surface area contributed by atoms with Crippen molar-refractivity contribution < 1.29 is 74.0 Å². The highest BCUT2D eigenvalue weighted by molar-refractivity contribution is 8.01. The van der Waals surface area contributed by atoms with Gasteiger partial charge in [-0.05, 0) is 18.2 Å². The number of rotatable bonds is 4. The summed E-state index contributed by atoms with van der Waals surface area (Å²) in [4.78, 5) is 37.8. The molecule has 0 aliphatic carbocycles. The van der Waals surface area contributed by atoms with Gasteiger partial charge in [-0.1, -0.05) is 12.1 Å². The largest absolute Gasteiger partial charge is 0.490 e. The fraction of sp³-hybridized carbons (Fsp3) is 0.435. The van der Waals surface area contributed by atoms with Gasteiger partial charge in [0.2, 0.25) is 5.88 Å². The highest BCUT2D eigenvalue weighted by Gasteiger charge is 2.49. The molecule has 10 nitrogen and oxygen atoms in total. The summed E-state index contributed by atoms with van der Waals surface area (Å²) >= 11 is 2.06. The normalized spacial score (nSPS) is 17.5. The highest BCUT2D eigenvalue weighted by Crippen LogP contribution is 2.46. The Morgan fingerprint density at radius 3 is 1.63 bits per heavy atom. The van der Waals surface area contributed by atoms with Gasteiger partial charge in [0.1, 0.15) is 6.10 Å². The molecule has 1 unspecified atom stereocenters. The fourth-order valence-electron chi connectivity index (χ4n) is 3.29. The molecule has 20 heteroatoms. The second-order valence-corrected chi connectivity index (χ2v) is 9.97. The molecule has 4 rings (SSSR count). The molecule has 2 aromatic heterocycles. The zero-order chi connectivity index (χ0) is 33.1. The number of pyridine rings is 2. The van der Waals surface area contributed by atoms with E-state index in [-0.39, 0.29) is 6.10 Å². The topological polar surface area (TPSA) is 150 Å². The summed E-state index contributed by atoms with van der Waals surface area (Å²) in [5, 5.41) is 21.4. The molecule has 2 aliphatic heterocycles. The number of nitrogens with zero attached hydrogens (tertiary/aromatic N) is 3. The number of hydrogen-bond donors (Lipinski definition) is 3. The number of carbonyl (C=O) groups is 3. The summed E-state index contributed by atoms with van der Waals surface area (Å²) in [6.45, 7) is 3.22. The number of likely N-dealkylation sites (tertiary alicyclic amines) is 1. The van der Waals surface area contributed by atoms with Gasteiger partial charge in [-0.25, -0.2) is 19.4 Å². The second kappa shape index (κ2) is 15.6. The molecule has 4 heterocycles. The van der Waals surface area contributed by atoms with Crippen molar-refractivity contribution in [3.8, 4) is 5.88 Å². The van der Waals surface area contributed by atoms with Crippen molar-refractivity contribution in [2.75, 3.05) is 18.8 Å². The molecule has 240 valence electrons. The van der Waals surface area contributed by atoms with Crippen LogP contribution in [0.4, 0.5) is 39.5 Å². The third-order valence-corrected chi connectivity index (χ3v) is 6.54. The van der Waals surface area contributed by atoms with E-state index in [4.69, 9.17) is 34.4 Å². The monoisotopic (exact) mass is 655 g/mol. The number of alkyl halides is 9. The SMILES string of the molecule is O=C(O)C(F)(F)F.O=C(O)C(F)(F)F.O=C(O)C(F)(F)F.c1ccc(CN2CC3(CC(Oc4ccccn4)CS3)C2)nc1. The molecule has 0 bridgehead atoms. The van der Waals surface area contributed by atoms with E-state index in [9.17, 15) is 39.5 Å². The Labute approximate surface area is 240 Å². The number of aromatic nitrogens is 2. The summed E-state index contributed by atoms with van der Waals surface area (Å²) in [6.07, 6.45) is -10.2. The van der Waals surface area contributed by atoms with Crippen LogP contribution in [-0.4, -0.2) is 96.3 Å². The predicted molar refractivity (Wildman–Crippen MR) is 129 cm³/mol. The van der Waals surface area contributed by atoms with Crippen LogP contribution in [-0.2, 0) is 20.9 Å². The van der Waals surface area contributed by atoms with E-state index in [1.165, 1.54) is 0 Å². The van der Waals surface area contributed by atoms with Gasteiger partial charge in [0, 0.05) is 55.0 Å². The van der Waals surface area contributed by atoms with Crippen LogP contribution < -0.4 is 4.74 Å². The van der Waals surface area contributed by atoms with Crippen LogP contribution in [0.15, 0.2) is 48.8 Å². The molecule has 2 saturated heterocycles. The first kappa shape index (κ1) is 37.2. The zero-order valence-corrected chi connectivity index (χ0v) is 22.2. The molecule has 1 atom stereocenters. The predicted octanol–water partition coefficient (Wildman–Crippen LogP) is 4.52. The van der Waals surface area contributed by atoms with Crippen molar-refractivity contribution in [1.29, 1.82) is 0 Å². The van der Waals surface area contributed by atoms with E-state index in [0.717, 1.165) is 43.4 Å². The summed E-state index contributed by atoms with van der Waals surface area (Å²) < 4.78 is 102. The lowest BCUT2D eigenvalue weighted by atomic mass is 9.93. The summed E-state index contributed by atoms with van der Waals surface area (Å²) in [5.74, 6) is -6.46. The highest BCUT2D eigenvalue weighted by atomic mass is 32.2. The van der Waals surface area contributed by atoms with Crippen molar-refractivity contribution in [3.05, 3.63) is 54.5 Å². The van der Waals surface area contributed by atoms with Crippen molar-refractivity contribution in [2.45, 2.75) is 42.3 Å². The Balaban J connectivity index is 0.000000363. The maximum atomic E-state index is 10.6. The van der Waals surface area contributed by atoms with Crippen molar-refractivity contribution in [3.63, 3.8) is 0 Å². The molecular weight excluding hydrogens is 633 g/mol. The Bertz CT molecular complexity index is 1120.